The number of nitrogens with zero attached hydrogens (tertiary/aromatic N) is 3. The van der Waals surface area contributed by atoms with Crippen molar-refractivity contribution in [3.8, 4) is 28.6 Å². The quantitative estimate of drug-likeness (QED) is 0.124. The first kappa shape index (κ1) is 30.0. The van der Waals surface area contributed by atoms with Crippen molar-refractivity contribution in [2.45, 2.75) is 39.7 Å². The molecule has 0 radical (unpaired) electrons. The van der Waals surface area contributed by atoms with Crippen molar-refractivity contribution in [2.24, 2.45) is 5.10 Å². The second kappa shape index (κ2) is 12.7. The molecule has 4 aromatic rings. The number of esters is 1. The van der Waals surface area contributed by atoms with E-state index in [1.807, 2.05) is 37.3 Å². The molecule has 0 saturated heterocycles. The number of fused-ring (bicyclic) bond motifs is 1. The van der Waals surface area contributed by atoms with Crippen LogP contribution in [0.2, 0.25) is 0 Å². The van der Waals surface area contributed by atoms with E-state index in [9.17, 15) is 9.59 Å². The molecule has 1 heterocycles. The summed E-state index contributed by atoms with van der Waals surface area (Å²) >= 11 is 2.10. The zero-order valence-electron chi connectivity index (χ0n) is 24.0. The van der Waals surface area contributed by atoms with Crippen LogP contribution in [0, 0.1) is 10.5 Å². The Balaban J connectivity index is 1.88. The van der Waals surface area contributed by atoms with Crippen LogP contribution in [-0.2, 0) is 9.53 Å². The van der Waals surface area contributed by atoms with Gasteiger partial charge in [-0.1, -0.05) is 26.0 Å². The van der Waals surface area contributed by atoms with Gasteiger partial charge in [0.15, 0.2) is 23.4 Å². The van der Waals surface area contributed by atoms with E-state index in [0.29, 0.717) is 37.4 Å². The lowest BCUT2D eigenvalue weighted by Gasteiger charge is -2.18. The summed E-state index contributed by atoms with van der Waals surface area (Å²) in [6.45, 7) is 7.73. The van der Waals surface area contributed by atoms with Crippen LogP contribution in [0.4, 0.5) is 0 Å². The Hall–Kier alpha value is -3.93. The van der Waals surface area contributed by atoms with Crippen LogP contribution in [0.25, 0.3) is 22.3 Å². The number of aromatic nitrogens is 2. The monoisotopic (exact) mass is 669 g/mol. The smallest absolute Gasteiger partial charge is 0.346 e. The Labute approximate surface area is 252 Å². The zero-order valence-corrected chi connectivity index (χ0v) is 26.2. The maximum atomic E-state index is 13.7. The number of carbonyl (C=O) groups excluding carboxylic acids is 1. The van der Waals surface area contributed by atoms with Crippen LogP contribution < -0.4 is 19.8 Å². The highest BCUT2D eigenvalue weighted by atomic mass is 127. The molecule has 0 aliphatic rings. The molecule has 0 spiro atoms. The van der Waals surface area contributed by atoms with Crippen LogP contribution in [0.3, 0.4) is 0 Å². The van der Waals surface area contributed by atoms with E-state index < -0.39 is 12.1 Å². The molecule has 0 saturated carbocycles. The van der Waals surface area contributed by atoms with Crippen molar-refractivity contribution in [3.63, 3.8) is 0 Å². The maximum Gasteiger partial charge on any atom is 0.346 e. The lowest BCUT2D eigenvalue weighted by molar-refractivity contribution is -0.148. The summed E-state index contributed by atoms with van der Waals surface area (Å²) in [4.78, 5) is 30.5. The van der Waals surface area contributed by atoms with Gasteiger partial charge >= 0.3 is 5.97 Å². The predicted molar refractivity (Wildman–Crippen MR) is 168 cm³/mol. The SMILES string of the molecule is COC(=O)[C@@H](C)Oc1c(I)cc(C=Nn2c(-c3cc(C(C)C)c(OC)cc3C)nc3ccccc3c2=O)cc1OC. The number of hydrogen-bond donors (Lipinski definition) is 0. The van der Waals surface area contributed by atoms with Gasteiger partial charge in [0.1, 0.15) is 5.75 Å². The first-order valence-corrected chi connectivity index (χ1v) is 14.0. The Kier molecular flexibility index (Phi) is 9.31. The van der Waals surface area contributed by atoms with Crippen molar-refractivity contribution in [1.29, 1.82) is 0 Å². The average molecular weight is 670 g/mol. The molecule has 0 unspecified atom stereocenters. The Morgan fingerprint density at radius 3 is 2.39 bits per heavy atom. The van der Waals surface area contributed by atoms with Gasteiger partial charge in [-0.2, -0.15) is 9.78 Å². The molecular formula is C31H32IN3O6. The molecule has 0 aliphatic heterocycles. The van der Waals surface area contributed by atoms with Gasteiger partial charge in [-0.3, -0.25) is 4.79 Å². The van der Waals surface area contributed by atoms with Crippen LogP contribution >= 0.6 is 22.6 Å². The minimum atomic E-state index is -0.824. The topological polar surface area (TPSA) is 101 Å². The third-order valence-electron chi connectivity index (χ3n) is 6.60. The van der Waals surface area contributed by atoms with Gasteiger partial charge < -0.3 is 18.9 Å². The van der Waals surface area contributed by atoms with Gasteiger partial charge in [-0.15, -0.1) is 0 Å². The largest absolute Gasteiger partial charge is 0.496 e. The van der Waals surface area contributed by atoms with Crippen molar-refractivity contribution in [3.05, 3.63) is 79.1 Å². The first-order valence-electron chi connectivity index (χ1n) is 13.0. The molecule has 0 N–H and O–H groups in total. The van der Waals surface area contributed by atoms with E-state index in [1.165, 1.54) is 18.9 Å². The normalized spacial score (nSPS) is 12.1. The molecule has 0 aliphatic carbocycles. The summed E-state index contributed by atoms with van der Waals surface area (Å²) in [5.74, 6) is 1.70. The van der Waals surface area contributed by atoms with Crippen molar-refractivity contribution < 1.29 is 23.7 Å². The number of benzene rings is 3. The van der Waals surface area contributed by atoms with Gasteiger partial charge in [-0.25, -0.2) is 9.78 Å². The van der Waals surface area contributed by atoms with Crippen molar-refractivity contribution in [2.75, 3.05) is 21.3 Å². The summed E-state index contributed by atoms with van der Waals surface area (Å²) in [7, 11) is 4.46. The summed E-state index contributed by atoms with van der Waals surface area (Å²) in [6.07, 6.45) is 0.747. The predicted octanol–water partition coefficient (Wildman–Crippen LogP) is 5.94. The van der Waals surface area contributed by atoms with Crippen molar-refractivity contribution >= 4 is 45.7 Å². The highest BCUT2D eigenvalue weighted by Crippen LogP contribution is 2.36. The summed E-state index contributed by atoms with van der Waals surface area (Å²) in [5, 5.41) is 5.08. The highest BCUT2D eigenvalue weighted by Gasteiger charge is 2.21. The molecule has 41 heavy (non-hydrogen) atoms. The zero-order chi connectivity index (χ0) is 29.8. The summed E-state index contributed by atoms with van der Waals surface area (Å²) < 4.78 is 23.8. The van der Waals surface area contributed by atoms with Crippen LogP contribution in [-0.4, -0.2) is 49.3 Å². The molecule has 214 valence electrons. The molecular weight excluding hydrogens is 637 g/mol. The number of rotatable bonds is 9. The number of ether oxygens (including phenoxy) is 4. The van der Waals surface area contributed by atoms with Gasteiger partial charge in [0.05, 0.1) is 42.0 Å². The number of halogens is 1. The molecule has 0 fully saturated rings. The Morgan fingerprint density at radius 1 is 1.02 bits per heavy atom. The standard InChI is InChI=1S/C31H32IN3O6/c1-17(2)22-15-23(18(3)12-26(22)38-5)29-34-25-11-9-8-10-21(25)30(36)35(29)33-16-20-13-24(32)28(27(14-20)39-6)41-19(4)31(37)40-7/h8-17,19H,1-7H3/t19-/m1/s1. The maximum absolute atomic E-state index is 13.7. The van der Waals surface area contributed by atoms with E-state index in [2.05, 4.69) is 41.5 Å². The molecule has 3 aromatic carbocycles. The highest BCUT2D eigenvalue weighted by molar-refractivity contribution is 14.1. The number of para-hydroxylation sites is 1. The third-order valence-corrected chi connectivity index (χ3v) is 7.40. The molecule has 4 rings (SSSR count). The fraction of sp³-hybridized carbons (Fsp3) is 0.290. The summed E-state index contributed by atoms with van der Waals surface area (Å²) in [5.41, 5.74) is 3.62. The Bertz CT molecular complexity index is 1700. The van der Waals surface area contributed by atoms with Crippen LogP contribution in [0.15, 0.2) is 58.4 Å². The molecule has 1 atom stereocenters. The van der Waals surface area contributed by atoms with Gasteiger partial charge in [0, 0.05) is 5.56 Å². The minimum absolute atomic E-state index is 0.186. The fourth-order valence-electron chi connectivity index (χ4n) is 4.42. The molecule has 10 heteroatoms. The van der Waals surface area contributed by atoms with E-state index in [1.54, 1.807) is 38.4 Å². The lowest BCUT2D eigenvalue weighted by Crippen LogP contribution is -2.25. The second-order valence-corrected chi connectivity index (χ2v) is 10.9. The lowest BCUT2D eigenvalue weighted by atomic mass is 9.96. The van der Waals surface area contributed by atoms with Crippen LogP contribution in [0.5, 0.6) is 17.2 Å². The van der Waals surface area contributed by atoms with Crippen LogP contribution in [0.1, 0.15) is 43.4 Å². The number of aryl methyl sites for hydroxylation is 1. The minimum Gasteiger partial charge on any atom is -0.496 e. The molecule has 0 bridgehead atoms. The van der Waals surface area contributed by atoms with Crippen molar-refractivity contribution in [1.82, 2.24) is 9.66 Å². The number of carbonyl (C=O) groups is 1. The number of methoxy groups -OCH3 is 3. The molecule has 0 amide bonds. The number of hydrogen-bond acceptors (Lipinski definition) is 8. The molecule has 1 aromatic heterocycles. The average Bonchev–Trinajstić information content (AvgIpc) is 2.96. The van der Waals surface area contributed by atoms with E-state index in [0.717, 1.165) is 22.4 Å². The van der Waals surface area contributed by atoms with Gasteiger partial charge in [-0.05, 0) is 95.4 Å². The van der Waals surface area contributed by atoms with Gasteiger partial charge in [0.25, 0.3) is 5.56 Å². The first-order chi connectivity index (χ1) is 19.6. The van der Waals surface area contributed by atoms with E-state index in [-0.39, 0.29) is 11.5 Å². The van der Waals surface area contributed by atoms with E-state index >= 15 is 0 Å². The fourth-order valence-corrected chi connectivity index (χ4v) is 5.17. The second-order valence-electron chi connectivity index (χ2n) is 9.70. The van der Waals surface area contributed by atoms with E-state index in [4.69, 9.17) is 23.9 Å². The third kappa shape index (κ3) is 6.22. The Morgan fingerprint density at radius 2 is 1.73 bits per heavy atom. The van der Waals surface area contributed by atoms with Gasteiger partial charge in [0.2, 0.25) is 0 Å². The summed E-state index contributed by atoms with van der Waals surface area (Å²) in [6, 6.07) is 14.7. The molecule has 9 nitrogen and oxygen atoms in total.